The third-order valence-electron chi connectivity index (χ3n) is 21.6. The van der Waals surface area contributed by atoms with Crippen LogP contribution in [0.25, 0.3) is 111 Å². The number of hydrogen-bond donors (Lipinski definition) is 0. The summed E-state index contributed by atoms with van der Waals surface area (Å²) in [6.07, 6.45) is 0. The molecule has 0 unspecified atom stereocenters. The first-order chi connectivity index (χ1) is 44.0. The van der Waals surface area contributed by atoms with Crippen LogP contribution < -0.4 is 4.90 Å². The summed E-state index contributed by atoms with van der Waals surface area (Å²) in [5.41, 5.74) is 34.8. The summed E-state index contributed by atoms with van der Waals surface area (Å²) in [5, 5.41) is 4.64. The number of benzene rings is 13. The van der Waals surface area contributed by atoms with E-state index in [2.05, 4.69) is 306 Å². The predicted molar refractivity (Wildman–Crippen MR) is 370 cm³/mol. The molecular weight excluding hydrogens is 1090 g/mol. The van der Waals surface area contributed by atoms with Crippen LogP contribution in [0.15, 0.2) is 276 Å². The molecule has 2 aromatic heterocycles. The minimum Gasteiger partial charge on any atom is -0.456 e. The first kappa shape index (κ1) is 50.3. The van der Waals surface area contributed by atoms with E-state index in [1.54, 1.807) is 0 Å². The first-order valence-corrected chi connectivity index (χ1v) is 31.8. The molecular formula is C87H59NO2. The lowest BCUT2D eigenvalue weighted by Crippen LogP contribution is -2.27. The Balaban J connectivity index is 0.831. The van der Waals surface area contributed by atoms with Crippen LogP contribution >= 0.6 is 0 Å². The van der Waals surface area contributed by atoms with Gasteiger partial charge in [0, 0.05) is 49.6 Å². The fraction of sp³-hybridized carbons (Fsp3) is 0.103. The normalized spacial score (nSPS) is 15.0. The van der Waals surface area contributed by atoms with Gasteiger partial charge in [0.1, 0.15) is 22.3 Å². The van der Waals surface area contributed by atoms with Gasteiger partial charge in [-0.05, 0) is 201 Å². The molecule has 2 heterocycles. The van der Waals surface area contributed by atoms with Crippen LogP contribution in [0.3, 0.4) is 0 Å². The summed E-state index contributed by atoms with van der Waals surface area (Å²) >= 11 is 0. The third-order valence-corrected chi connectivity index (χ3v) is 21.6. The Morgan fingerprint density at radius 3 is 1.39 bits per heavy atom. The lowest BCUT2D eigenvalue weighted by molar-refractivity contribution is 0.590. The Bertz CT molecular complexity index is 5590. The van der Waals surface area contributed by atoms with Gasteiger partial charge in [-0.15, -0.1) is 0 Å². The predicted octanol–water partition coefficient (Wildman–Crippen LogP) is 22.9. The molecule has 0 radical (unpaired) electrons. The molecule has 5 aliphatic rings. The molecule has 15 aromatic rings. The van der Waals surface area contributed by atoms with Gasteiger partial charge in [-0.25, -0.2) is 0 Å². The molecule has 0 saturated heterocycles. The highest BCUT2D eigenvalue weighted by atomic mass is 16.3. The minimum absolute atomic E-state index is 0.0407. The Morgan fingerprint density at radius 2 is 0.767 bits per heavy atom. The Hall–Kier alpha value is -10.7. The average molecular weight is 1150 g/mol. The summed E-state index contributed by atoms with van der Waals surface area (Å²) in [5.74, 6) is 0. The van der Waals surface area contributed by atoms with Gasteiger partial charge >= 0.3 is 0 Å². The molecule has 20 rings (SSSR count). The summed E-state index contributed by atoms with van der Waals surface area (Å²) in [6.45, 7) is 11.7. The van der Waals surface area contributed by atoms with Crippen molar-refractivity contribution in [2.75, 3.05) is 4.90 Å². The maximum Gasteiger partial charge on any atom is 0.143 e. The van der Waals surface area contributed by atoms with Crippen LogP contribution in [0.2, 0.25) is 0 Å². The van der Waals surface area contributed by atoms with E-state index in [-0.39, 0.29) is 10.8 Å². The molecule has 424 valence electrons. The van der Waals surface area contributed by atoms with Crippen LogP contribution in [0.4, 0.5) is 17.1 Å². The second-order valence-electron chi connectivity index (χ2n) is 27.3. The van der Waals surface area contributed by atoms with Gasteiger partial charge in [-0.2, -0.15) is 0 Å². The maximum atomic E-state index is 6.97. The summed E-state index contributed by atoms with van der Waals surface area (Å²) in [7, 11) is 0. The zero-order valence-corrected chi connectivity index (χ0v) is 50.7. The third kappa shape index (κ3) is 6.15. The Morgan fingerprint density at radius 1 is 0.300 bits per heavy atom. The molecule has 0 fully saturated rings. The molecule has 0 atom stereocenters. The molecule has 13 aromatic carbocycles. The van der Waals surface area contributed by atoms with Crippen LogP contribution in [-0.4, -0.2) is 0 Å². The summed E-state index contributed by atoms with van der Waals surface area (Å²) in [6, 6.07) is 101. The Kier molecular flexibility index (Phi) is 9.67. The van der Waals surface area contributed by atoms with E-state index in [1.165, 1.54) is 128 Å². The summed E-state index contributed by atoms with van der Waals surface area (Å²) in [4.78, 5) is 2.51. The number of nitrogens with zero attached hydrogens (tertiary/aromatic N) is 1. The molecule has 2 spiro atoms. The van der Waals surface area contributed by atoms with Crippen LogP contribution in [0.5, 0.6) is 0 Å². The van der Waals surface area contributed by atoms with Crippen molar-refractivity contribution in [3.05, 3.63) is 328 Å². The molecule has 0 saturated carbocycles. The fourth-order valence-electron chi connectivity index (χ4n) is 17.8. The van der Waals surface area contributed by atoms with Gasteiger partial charge < -0.3 is 13.7 Å². The monoisotopic (exact) mass is 1150 g/mol. The lowest BCUT2D eigenvalue weighted by atomic mass is 9.68. The van der Waals surface area contributed by atoms with Gasteiger partial charge in [0.2, 0.25) is 0 Å². The maximum absolute atomic E-state index is 6.97. The van der Waals surface area contributed by atoms with Crippen molar-refractivity contribution in [3.63, 3.8) is 0 Å². The second kappa shape index (κ2) is 17.3. The minimum atomic E-state index is -0.663. The summed E-state index contributed by atoms with van der Waals surface area (Å²) < 4.78 is 13.8. The van der Waals surface area contributed by atoms with Crippen molar-refractivity contribution in [3.8, 4) is 66.8 Å². The van der Waals surface area contributed by atoms with Crippen molar-refractivity contribution in [2.24, 2.45) is 0 Å². The van der Waals surface area contributed by atoms with Crippen LogP contribution in [-0.2, 0) is 21.7 Å². The van der Waals surface area contributed by atoms with Crippen molar-refractivity contribution < 1.29 is 8.83 Å². The van der Waals surface area contributed by atoms with E-state index in [1.807, 2.05) is 0 Å². The van der Waals surface area contributed by atoms with E-state index in [4.69, 9.17) is 8.83 Å². The van der Waals surface area contributed by atoms with Gasteiger partial charge in [0.15, 0.2) is 0 Å². The van der Waals surface area contributed by atoms with Crippen LogP contribution in [0, 0.1) is 0 Å². The SMILES string of the molecule is CC(C)(C)c1ccc(-c2cc3c(c4c2oc2ccccc24)-c2ccc(N(c4ccccc4)c4ccc5c(c4)C4(c6ccccc6-c6ccccc64)c4cc6c(cc4-5)C4(c5ccccc5-c5ccccc54)c4ccc5oc7ccccc7c5c4-6)cc2C3(C)C)cc1. The fourth-order valence-corrected chi connectivity index (χ4v) is 17.8. The van der Waals surface area contributed by atoms with Crippen molar-refractivity contribution in [2.45, 2.75) is 56.3 Å². The smallest absolute Gasteiger partial charge is 0.143 e. The van der Waals surface area contributed by atoms with Crippen LogP contribution in [0.1, 0.15) is 95.8 Å². The highest BCUT2D eigenvalue weighted by molar-refractivity contribution is 6.20. The molecule has 0 aliphatic heterocycles. The highest BCUT2D eigenvalue weighted by Gasteiger charge is 2.57. The number of fused-ring (bicyclic) bond motifs is 31. The van der Waals surface area contributed by atoms with E-state index < -0.39 is 10.8 Å². The molecule has 0 bridgehead atoms. The standard InChI is InChI=1S/C87H59NO2/c1-84(2,3)51-37-35-50(36-38-51)63-47-75-79(82-62-28-14-20-34-77(62)90-83(63)82)60-42-40-53(45-71(60)85(75,4)5)88(52-21-7-6-8-22-52)54-39-41-59-64-48-74-65(49-73(64)87(72(59)46-54)68-31-17-11-25-57(68)58-26-12-18-32-69(58)87)80-70(43-44-78-81(80)61-27-13-19-33-76(61)89-78)86(74)66-29-15-9-23-55(66)56-24-10-16-30-67(56)86/h6-49H,1-5H3. The number of rotatable bonds is 4. The van der Waals surface area contributed by atoms with E-state index >= 15 is 0 Å². The van der Waals surface area contributed by atoms with Gasteiger partial charge in [-0.3, -0.25) is 0 Å². The molecule has 0 amide bonds. The molecule has 3 nitrogen and oxygen atoms in total. The van der Waals surface area contributed by atoms with E-state index in [0.29, 0.717) is 0 Å². The second-order valence-corrected chi connectivity index (χ2v) is 27.3. The van der Waals surface area contributed by atoms with Gasteiger partial charge in [0.05, 0.1) is 10.8 Å². The number of hydrogen-bond acceptors (Lipinski definition) is 3. The molecule has 0 N–H and O–H groups in total. The lowest BCUT2D eigenvalue weighted by Gasteiger charge is -2.33. The zero-order valence-electron chi connectivity index (χ0n) is 50.7. The number of anilines is 3. The molecule has 90 heavy (non-hydrogen) atoms. The molecule has 3 heteroatoms. The van der Waals surface area contributed by atoms with E-state index in [9.17, 15) is 0 Å². The quantitative estimate of drug-likeness (QED) is 0.176. The topological polar surface area (TPSA) is 29.5 Å². The van der Waals surface area contributed by atoms with Crippen molar-refractivity contribution in [1.82, 2.24) is 0 Å². The largest absolute Gasteiger partial charge is 0.456 e. The number of para-hydroxylation sites is 3. The van der Waals surface area contributed by atoms with Gasteiger partial charge in [0.25, 0.3) is 0 Å². The van der Waals surface area contributed by atoms with Crippen molar-refractivity contribution >= 4 is 60.9 Å². The Labute approximate surface area is 522 Å². The van der Waals surface area contributed by atoms with Crippen molar-refractivity contribution in [1.29, 1.82) is 0 Å². The first-order valence-electron chi connectivity index (χ1n) is 31.8. The zero-order chi connectivity index (χ0) is 59.7. The molecule has 5 aliphatic carbocycles. The van der Waals surface area contributed by atoms with Gasteiger partial charge in [-0.1, -0.05) is 229 Å². The number of furan rings is 2. The highest BCUT2D eigenvalue weighted by Crippen LogP contribution is 2.69. The average Bonchev–Trinajstić information content (AvgIpc) is 1.49. The van der Waals surface area contributed by atoms with E-state index in [0.717, 1.165) is 61.3 Å².